The van der Waals surface area contributed by atoms with E-state index in [1.54, 1.807) is 6.07 Å². The summed E-state index contributed by atoms with van der Waals surface area (Å²) in [5.74, 6) is 0. The monoisotopic (exact) mass is 299 g/mol. The van der Waals surface area contributed by atoms with Crippen LogP contribution in [0.5, 0.6) is 0 Å². The van der Waals surface area contributed by atoms with Crippen molar-refractivity contribution in [2.24, 2.45) is 0 Å². The molecule has 0 aromatic heterocycles. The van der Waals surface area contributed by atoms with E-state index < -0.39 is 4.92 Å². The molecule has 0 amide bonds. The number of nitro groups is 1. The Bertz CT molecular complexity index is 478. The number of halogens is 1. The third-order valence-corrected chi connectivity index (χ3v) is 3.76. The highest BCUT2D eigenvalue weighted by Crippen LogP contribution is 2.30. The van der Waals surface area contributed by atoms with E-state index in [1.807, 2.05) is 4.90 Å². The summed E-state index contributed by atoms with van der Waals surface area (Å²) in [6, 6.07) is 4.80. The summed E-state index contributed by atoms with van der Waals surface area (Å²) in [5.41, 5.74) is 0.696. The van der Waals surface area contributed by atoms with E-state index in [4.69, 9.17) is 11.6 Å². The Balaban J connectivity index is 2.17. The SMILES string of the molecule is O=[N+]([O-])c1ccc(N(CCO)CC2CCCN2)c(Cl)c1. The molecule has 0 bridgehead atoms. The maximum Gasteiger partial charge on any atom is 0.271 e. The molecule has 1 atom stereocenters. The third kappa shape index (κ3) is 3.59. The van der Waals surface area contributed by atoms with Gasteiger partial charge in [0.25, 0.3) is 5.69 Å². The summed E-state index contributed by atoms with van der Waals surface area (Å²) in [4.78, 5) is 12.2. The fraction of sp³-hybridized carbons (Fsp3) is 0.538. The number of nitro benzene ring substituents is 1. The zero-order chi connectivity index (χ0) is 14.5. The Labute approximate surface area is 122 Å². The summed E-state index contributed by atoms with van der Waals surface area (Å²) in [7, 11) is 0. The first-order valence-electron chi connectivity index (χ1n) is 6.65. The maximum absolute atomic E-state index is 10.7. The molecule has 1 unspecified atom stereocenters. The number of nitrogens with one attached hydrogen (secondary N) is 1. The molecule has 0 radical (unpaired) electrons. The highest BCUT2D eigenvalue weighted by atomic mass is 35.5. The van der Waals surface area contributed by atoms with Crippen molar-refractivity contribution in [1.82, 2.24) is 5.32 Å². The number of anilines is 1. The molecule has 1 fully saturated rings. The number of aliphatic hydroxyl groups is 1. The van der Waals surface area contributed by atoms with E-state index in [0.717, 1.165) is 31.6 Å². The highest BCUT2D eigenvalue weighted by Gasteiger charge is 2.20. The van der Waals surface area contributed by atoms with E-state index in [0.29, 0.717) is 17.6 Å². The zero-order valence-electron chi connectivity index (χ0n) is 11.1. The summed E-state index contributed by atoms with van der Waals surface area (Å²) in [5, 5.41) is 23.6. The van der Waals surface area contributed by atoms with Gasteiger partial charge in [0.2, 0.25) is 0 Å². The second-order valence-electron chi connectivity index (χ2n) is 4.86. The molecule has 1 aliphatic rings. The van der Waals surface area contributed by atoms with Gasteiger partial charge in [-0.05, 0) is 25.5 Å². The molecule has 1 aromatic rings. The van der Waals surface area contributed by atoms with Gasteiger partial charge in [-0.2, -0.15) is 0 Å². The van der Waals surface area contributed by atoms with Crippen LogP contribution in [-0.4, -0.2) is 42.3 Å². The van der Waals surface area contributed by atoms with E-state index in [2.05, 4.69) is 5.32 Å². The molecule has 1 aromatic carbocycles. The van der Waals surface area contributed by atoms with Gasteiger partial charge >= 0.3 is 0 Å². The molecule has 20 heavy (non-hydrogen) atoms. The quantitative estimate of drug-likeness (QED) is 0.618. The van der Waals surface area contributed by atoms with E-state index in [9.17, 15) is 15.2 Å². The fourth-order valence-electron chi connectivity index (χ4n) is 2.48. The predicted molar refractivity (Wildman–Crippen MR) is 78.4 cm³/mol. The summed E-state index contributed by atoms with van der Waals surface area (Å²) >= 11 is 6.14. The van der Waals surface area contributed by atoms with Crippen LogP contribution in [0.15, 0.2) is 18.2 Å². The molecule has 6 nitrogen and oxygen atoms in total. The summed E-state index contributed by atoms with van der Waals surface area (Å²) < 4.78 is 0. The Kier molecular flexibility index (Phi) is 5.17. The molecule has 1 saturated heterocycles. The van der Waals surface area contributed by atoms with E-state index in [1.165, 1.54) is 12.1 Å². The highest BCUT2D eigenvalue weighted by molar-refractivity contribution is 6.33. The van der Waals surface area contributed by atoms with Crippen molar-refractivity contribution in [3.8, 4) is 0 Å². The first-order valence-corrected chi connectivity index (χ1v) is 7.02. The van der Waals surface area contributed by atoms with Crippen molar-refractivity contribution in [1.29, 1.82) is 0 Å². The van der Waals surface area contributed by atoms with Crippen molar-refractivity contribution in [3.63, 3.8) is 0 Å². The van der Waals surface area contributed by atoms with Crippen molar-refractivity contribution >= 4 is 23.0 Å². The van der Waals surface area contributed by atoms with Crippen molar-refractivity contribution in [3.05, 3.63) is 33.3 Å². The second-order valence-corrected chi connectivity index (χ2v) is 5.26. The minimum atomic E-state index is -0.468. The van der Waals surface area contributed by atoms with Crippen LogP contribution in [0.25, 0.3) is 0 Å². The van der Waals surface area contributed by atoms with Gasteiger partial charge in [-0.25, -0.2) is 0 Å². The first-order chi connectivity index (χ1) is 9.61. The standard InChI is InChI=1S/C13H18ClN3O3/c14-12-8-11(17(19)20)3-4-13(12)16(6-7-18)9-10-2-1-5-15-10/h3-4,8,10,15,18H,1-2,5-7,9H2. The molecular weight excluding hydrogens is 282 g/mol. The molecular formula is C13H18ClN3O3. The van der Waals surface area contributed by atoms with Gasteiger partial charge in [-0.1, -0.05) is 11.6 Å². The molecule has 0 spiro atoms. The third-order valence-electron chi connectivity index (χ3n) is 3.46. The van der Waals surface area contributed by atoms with Gasteiger partial charge in [0, 0.05) is 31.3 Å². The van der Waals surface area contributed by atoms with Gasteiger partial charge in [0.05, 0.1) is 22.2 Å². The minimum Gasteiger partial charge on any atom is -0.395 e. The molecule has 2 rings (SSSR count). The van der Waals surface area contributed by atoms with Gasteiger partial charge in [-0.3, -0.25) is 10.1 Å². The summed E-state index contributed by atoms with van der Waals surface area (Å²) in [6.45, 7) is 2.21. The zero-order valence-corrected chi connectivity index (χ0v) is 11.8. The lowest BCUT2D eigenvalue weighted by Gasteiger charge is -2.28. The largest absolute Gasteiger partial charge is 0.395 e. The van der Waals surface area contributed by atoms with Crippen LogP contribution in [0.2, 0.25) is 5.02 Å². The molecule has 0 aliphatic carbocycles. The number of hydrogen-bond acceptors (Lipinski definition) is 5. The van der Waals surface area contributed by atoms with Crippen LogP contribution in [0.4, 0.5) is 11.4 Å². The fourth-order valence-corrected chi connectivity index (χ4v) is 2.77. The number of hydrogen-bond donors (Lipinski definition) is 2. The van der Waals surface area contributed by atoms with Crippen LogP contribution in [0, 0.1) is 10.1 Å². The second kappa shape index (κ2) is 6.88. The normalized spacial score (nSPS) is 18.2. The lowest BCUT2D eigenvalue weighted by Crippen LogP contribution is -2.39. The predicted octanol–water partition coefficient (Wildman–Crippen LogP) is 1.80. The van der Waals surface area contributed by atoms with Crippen molar-refractivity contribution in [2.75, 3.05) is 31.1 Å². The number of aliphatic hydroxyl groups excluding tert-OH is 1. The summed E-state index contributed by atoms with van der Waals surface area (Å²) in [6.07, 6.45) is 2.23. The number of benzene rings is 1. The Morgan fingerprint density at radius 3 is 2.90 bits per heavy atom. The smallest absolute Gasteiger partial charge is 0.271 e. The topological polar surface area (TPSA) is 78.6 Å². The Hall–Kier alpha value is -1.37. The van der Waals surface area contributed by atoms with Crippen LogP contribution in [0.1, 0.15) is 12.8 Å². The molecule has 1 aliphatic heterocycles. The van der Waals surface area contributed by atoms with E-state index >= 15 is 0 Å². The van der Waals surface area contributed by atoms with Gasteiger partial charge in [0.1, 0.15) is 0 Å². The molecule has 0 saturated carbocycles. The van der Waals surface area contributed by atoms with Crippen LogP contribution >= 0.6 is 11.6 Å². The number of rotatable bonds is 6. The van der Waals surface area contributed by atoms with Crippen molar-refractivity contribution < 1.29 is 10.0 Å². The lowest BCUT2D eigenvalue weighted by atomic mass is 10.2. The Morgan fingerprint density at radius 1 is 1.55 bits per heavy atom. The average molecular weight is 300 g/mol. The van der Waals surface area contributed by atoms with Crippen molar-refractivity contribution in [2.45, 2.75) is 18.9 Å². The molecule has 7 heteroatoms. The molecule has 2 N–H and O–H groups in total. The Morgan fingerprint density at radius 2 is 2.35 bits per heavy atom. The molecule has 1 heterocycles. The first kappa shape index (κ1) is 15.0. The van der Waals surface area contributed by atoms with E-state index in [-0.39, 0.29) is 12.3 Å². The van der Waals surface area contributed by atoms with Gasteiger partial charge in [0.15, 0.2) is 0 Å². The van der Waals surface area contributed by atoms with Crippen LogP contribution < -0.4 is 10.2 Å². The van der Waals surface area contributed by atoms with Crippen LogP contribution in [0.3, 0.4) is 0 Å². The maximum atomic E-state index is 10.7. The molecule has 110 valence electrons. The lowest BCUT2D eigenvalue weighted by molar-refractivity contribution is -0.384. The van der Waals surface area contributed by atoms with Gasteiger partial charge in [-0.15, -0.1) is 0 Å². The number of non-ortho nitro benzene ring substituents is 1. The van der Waals surface area contributed by atoms with Crippen LogP contribution in [-0.2, 0) is 0 Å². The minimum absolute atomic E-state index is 0.0139. The number of nitrogens with zero attached hydrogens (tertiary/aromatic N) is 2. The average Bonchev–Trinajstić information content (AvgIpc) is 2.91. The van der Waals surface area contributed by atoms with Gasteiger partial charge < -0.3 is 15.3 Å².